The summed E-state index contributed by atoms with van der Waals surface area (Å²) >= 11 is 6.04. The van der Waals surface area contributed by atoms with E-state index in [0.29, 0.717) is 31.2 Å². The van der Waals surface area contributed by atoms with Crippen LogP contribution in [0.3, 0.4) is 0 Å². The van der Waals surface area contributed by atoms with Crippen molar-refractivity contribution >= 4 is 23.6 Å². The van der Waals surface area contributed by atoms with Crippen molar-refractivity contribution in [3.8, 4) is 5.75 Å². The van der Waals surface area contributed by atoms with E-state index < -0.39 is 11.7 Å². The molecule has 1 amide bonds. The van der Waals surface area contributed by atoms with Gasteiger partial charge in [-0.25, -0.2) is 14.8 Å². The molecule has 1 aliphatic rings. The van der Waals surface area contributed by atoms with Crippen LogP contribution in [0.5, 0.6) is 5.75 Å². The van der Waals surface area contributed by atoms with Crippen LogP contribution in [0.2, 0.25) is 5.02 Å². The number of carbonyl (C=O) groups excluding carboxylic acids is 1. The normalized spacial score (nSPS) is 20.5. The molecule has 198 valence electrons. The van der Waals surface area contributed by atoms with Crippen molar-refractivity contribution in [3.05, 3.63) is 46.7 Å². The zero-order valence-corrected chi connectivity index (χ0v) is 21.6. The SMILES string of the molecule is CC[C@@H]1C[C@H](N(Cc2cc(Cl)cc(C(F)(F)F)c2)c2ncc(O)cn2)C[C@H](CC)N1C(=O)OC(C)C. The van der Waals surface area contributed by atoms with Crippen LogP contribution in [0.15, 0.2) is 30.6 Å². The summed E-state index contributed by atoms with van der Waals surface area (Å²) in [6.45, 7) is 7.66. The zero-order chi connectivity index (χ0) is 26.6. The van der Waals surface area contributed by atoms with Gasteiger partial charge in [-0.1, -0.05) is 25.4 Å². The highest BCUT2D eigenvalue weighted by Crippen LogP contribution is 2.35. The van der Waals surface area contributed by atoms with Crippen LogP contribution < -0.4 is 4.90 Å². The van der Waals surface area contributed by atoms with Crippen molar-refractivity contribution < 1.29 is 27.8 Å². The molecule has 0 spiro atoms. The van der Waals surface area contributed by atoms with Crippen molar-refractivity contribution in [1.29, 1.82) is 0 Å². The third-order valence-electron chi connectivity index (χ3n) is 6.32. The number of aromatic nitrogens is 2. The monoisotopic (exact) mass is 528 g/mol. The molecule has 0 saturated carbocycles. The number of ether oxygens (including phenoxy) is 1. The molecule has 1 saturated heterocycles. The van der Waals surface area contributed by atoms with E-state index in [1.54, 1.807) is 18.7 Å². The molecule has 1 aromatic heterocycles. The number of likely N-dealkylation sites (tertiary alicyclic amines) is 1. The van der Waals surface area contributed by atoms with Gasteiger partial charge in [-0.05, 0) is 63.3 Å². The fourth-order valence-electron chi connectivity index (χ4n) is 4.72. The van der Waals surface area contributed by atoms with Crippen molar-refractivity contribution in [2.45, 2.75) is 90.3 Å². The summed E-state index contributed by atoms with van der Waals surface area (Å²) in [5.74, 6) is 0.152. The number of aromatic hydroxyl groups is 1. The molecule has 7 nitrogen and oxygen atoms in total. The number of amides is 1. The Labute approximate surface area is 214 Å². The Morgan fingerprint density at radius 1 is 1.17 bits per heavy atom. The van der Waals surface area contributed by atoms with Gasteiger partial charge in [-0.2, -0.15) is 13.2 Å². The van der Waals surface area contributed by atoms with E-state index in [9.17, 15) is 23.1 Å². The highest BCUT2D eigenvalue weighted by Gasteiger charge is 2.41. The van der Waals surface area contributed by atoms with Crippen molar-refractivity contribution in [2.24, 2.45) is 0 Å². The molecule has 0 aliphatic carbocycles. The van der Waals surface area contributed by atoms with E-state index in [0.717, 1.165) is 12.1 Å². The van der Waals surface area contributed by atoms with Gasteiger partial charge >= 0.3 is 12.3 Å². The van der Waals surface area contributed by atoms with Crippen LogP contribution in [0, 0.1) is 0 Å². The zero-order valence-electron chi connectivity index (χ0n) is 20.8. The topological polar surface area (TPSA) is 78.8 Å². The number of anilines is 1. The summed E-state index contributed by atoms with van der Waals surface area (Å²) < 4.78 is 45.8. The number of rotatable bonds is 7. The largest absolute Gasteiger partial charge is 0.505 e. The smallest absolute Gasteiger partial charge is 0.416 e. The number of nitrogens with zero attached hydrogens (tertiary/aromatic N) is 4. The Hall–Kier alpha value is -2.75. The van der Waals surface area contributed by atoms with Crippen LogP contribution in [0.4, 0.5) is 23.9 Å². The summed E-state index contributed by atoms with van der Waals surface area (Å²) in [6, 6.07) is 3.01. The van der Waals surface area contributed by atoms with E-state index in [1.165, 1.54) is 18.5 Å². The van der Waals surface area contributed by atoms with Crippen molar-refractivity contribution in [2.75, 3.05) is 4.90 Å². The maximum Gasteiger partial charge on any atom is 0.416 e. The van der Waals surface area contributed by atoms with Gasteiger partial charge in [0.15, 0.2) is 5.75 Å². The van der Waals surface area contributed by atoms with Crippen LogP contribution in [-0.4, -0.2) is 50.3 Å². The lowest BCUT2D eigenvalue weighted by molar-refractivity contribution is -0.137. The molecule has 0 unspecified atom stereocenters. The molecule has 2 heterocycles. The second-order valence-electron chi connectivity index (χ2n) is 9.30. The van der Waals surface area contributed by atoms with Gasteiger partial charge in [0.1, 0.15) is 0 Å². The van der Waals surface area contributed by atoms with Crippen LogP contribution in [0.25, 0.3) is 0 Å². The molecular formula is C25H32ClF3N4O3. The number of alkyl halides is 3. The van der Waals surface area contributed by atoms with E-state index in [1.807, 2.05) is 18.7 Å². The average Bonchev–Trinajstić information content (AvgIpc) is 2.81. The van der Waals surface area contributed by atoms with Crippen LogP contribution >= 0.6 is 11.6 Å². The highest BCUT2D eigenvalue weighted by molar-refractivity contribution is 6.30. The molecule has 11 heteroatoms. The van der Waals surface area contributed by atoms with Crippen LogP contribution in [-0.2, 0) is 17.5 Å². The van der Waals surface area contributed by atoms with Gasteiger partial charge in [0, 0.05) is 29.7 Å². The highest BCUT2D eigenvalue weighted by atomic mass is 35.5. The second kappa shape index (κ2) is 11.5. The quantitative estimate of drug-likeness (QED) is 0.446. The third-order valence-corrected chi connectivity index (χ3v) is 6.54. The summed E-state index contributed by atoms with van der Waals surface area (Å²) in [6.07, 6.45) is -0.191. The molecule has 3 atom stereocenters. The van der Waals surface area contributed by atoms with E-state index in [-0.39, 0.29) is 53.6 Å². The van der Waals surface area contributed by atoms with Gasteiger partial charge in [0.05, 0.1) is 24.1 Å². The molecule has 0 bridgehead atoms. The minimum atomic E-state index is -4.54. The molecule has 0 radical (unpaired) electrons. The lowest BCUT2D eigenvalue weighted by atomic mass is 9.87. The number of halogens is 4. The predicted octanol–water partition coefficient (Wildman–Crippen LogP) is 6.43. The first kappa shape index (κ1) is 27.8. The van der Waals surface area contributed by atoms with Gasteiger partial charge in [0.2, 0.25) is 5.95 Å². The van der Waals surface area contributed by atoms with Crippen molar-refractivity contribution in [1.82, 2.24) is 14.9 Å². The van der Waals surface area contributed by atoms with Gasteiger partial charge < -0.3 is 19.6 Å². The first-order valence-electron chi connectivity index (χ1n) is 12.1. The molecular weight excluding hydrogens is 497 g/mol. The Bertz CT molecular complexity index is 1020. The standard InChI is InChI=1S/C25H32ClF3N4O3/c1-5-19-10-21(11-20(6-2)33(19)24(35)36-15(3)4)32(23-30-12-22(34)13-31-23)14-16-7-17(25(27,28)29)9-18(26)8-16/h7-9,12-13,15,19-21,34H,5-6,10-11,14H2,1-4H3/t19-,20+,21+. The number of piperidine rings is 1. The van der Waals surface area contributed by atoms with Crippen molar-refractivity contribution in [3.63, 3.8) is 0 Å². The molecule has 1 fully saturated rings. The molecule has 1 aliphatic heterocycles. The number of carbonyl (C=O) groups is 1. The van der Waals surface area contributed by atoms with Gasteiger partial charge in [-0.15, -0.1) is 0 Å². The van der Waals surface area contributed by atoms with E-state index in [4.69, 9.17) is 16.3 Å². The molecule has 1 N–H and O–H groups in total. The predicted molar refractivity (Wildman–Crippen MR) is 131 cm³/mol. The maximum atomic E-state index is 13.4. The lowest BCUT2D eigenvalue weighted by Crippen LogP contribution is -2.57. The summed E-state index contributed by atoms with van der Waals surface area (Å²) in [5.41, 5.74) is -0.477. The Morgan fingerprint density at radius 2 is 1.75 bits per heavy atom. The van der Waals surface area contributed by atoms with Gasteiger partial charge in [-0.3, -0.25) is 0 Å². The summed E-state index contributed by atoms with van der Waals surface area (Å²) in [7, 11) is 0. The minimum Gasteiger partial charge on any atom is -0.505 e. The minimum absolute atomic E-state index is 0.0180. The van der Waals surface area contributed by atoms with Gasteiger partial charge in [0.25, 0.3) is 0 Å². The first-order valence-corrected chi connectivity index (χ1v) is 12.4. The second-order valence-corrected chi connectivity index (χ2v) is 9.74. The fourth-order valence-corrected chi connectivity index (χ4v) is 4.98. The Kier molecular flexibility index (Phi) is 8.92. The Morgan fingerprint density at radius 3 is 2.25 bits per heavy atom. The lowest BCUT2D eigenvalue weighted by Gasteiger charge is -2.47. The maximum absolute atomic E-state index is 13.4. The summed E-state index contributed by atoms with van der Waals surface area (Å²) in [5, 5.41) is 9.67. The molecule has 36 heavy (non-hydrogen) atoms. The molecule has 1 aromatic carbocycles. The molecule has 3 rings (SSSR count). The third kappa shape index (κ3) is 6.72. The number of hydrogen-bond donors (Lipinski definition) is 1. The Balaban J connectivity index is 1.98. The summed E-state index contributed by atoms with van der Waals surface area (Å²) in [4.78, 5) is 25.0. The van der Waals surface area contributed by atoms with E-state index >= 15 is 0 Å². The molecule has 2 aromatic rings. The number of benzene rings is 1. The van der Waals surface area contributed by atoms with Crippen LogP contribution in [0.1, 0.15) is 64.5 Å². The fraction of sp³-hybridized carbons (Fsp3) is 0.560. The average molecular weight is 529 g/mol. The first-order chi connectivity index (χ1) is 16.9. The number of hydrogen-bond acceptors (Lipinski definition) is 6. The van der Waals surface area contributed by atoms with E-state index in [2.05, 4.69) is 9.97 Å².